The van der Waals surface area contributed by atoms with Gasteiger partial charge in [-0.3, -0.25) is 0 Å². The first kappa shape index (κ1) is 14.4. The van der Waals surface area contributed by atoms with Gasteiger partial charge in [-0.1, -0.05) is 36.4 Å². The van der Waals surface area contributed by atoms with Crippen molar-refractivity contribution >= 4 is 0 Å². The lowest BCUT2D eigenvalue weighted by atomic mass is 10.00. The molecular formula is C17H20O3. The summed E-state index contributed by atoms with van der Waals surface area (Å²) in [5.41, 5.74) is 1.47. The minimum atomic E-state index is -0.777. The summed E-state index contributed by atoms with van der Waals surface area (Å²) in [6, 6.07) is 15.0. The molecule has 0 heterocycles. The highest BCUT2D eigenvalue weighted by Crippen LogP contribution is 2.34. The highest BCUT2D eigenvalue weighted by molar-refractivity contribution is 5.45. The van der Waals surface area contributed by atoms with Crippen LogP contribution in [-0.2, 0) is 0 Å². The van der Waals surface area contributed by atoms with Gasteiger partial charge in [0.2, 0.25) is 0 Å². The lowest BCUT2D eigenvalue weighted by molar-refractivity contribution is 0.195. The molecule has 0 amide bonds. The molecule has 0 aromatic heterocycles. The zero-order chi connectivity index (χ0) is 14.5. The normalized spacial score (nSPS) is 12.2. The van der Waals surface area contributed by atoms with Crippen LogP contribution in [0.5, 0.6) is 11.5 Å². The first-order valence-corrected chi connectivity index (χ1v) is 6.70. The number of methoxy groups -OCH3 is 1. The Labute approximate surface area is 119 Å². The van der Waals surface area contributed by atoms with Crippen molar-refractivity contribution < 1.29 is 14.6 Å². The van der Waals surface area contributed by atoms with Gasteiger partial charge in [0.15, 0.2) is 0 Å². The molecule has 1 N–H and O–H groups in total. The molecule has 0 saturated carbocycles. The van der Waals surface area contributed by atoms with Crippen LogP contribution in [0, 0.1) is 0 Å². The molecule has 20 heavy (non-hydrogen) atoms. The maximum absolute atomic E-state index is 10.6. The monoisotopic (exact) mass is 272 g/mol. The molecule has 2 aromatic rings. The van der Waals surface area contributed by atoms with Crippen molar-refractivity contribution in [1.82, 2.24) is 0 Å². The van der Waals surface area contributed by atoms with Gasteiger partial charge in [-0.2, -0.15) is 0 Å². The van der Waals surface area contributed by atoms with Gasteiger partial charge >= 0.3 is 0 Å². The van der Waals surface area contributed by atoms with Crippen molar-refractivity contribution in [1.29, 1.82) is 0 Å². The Morgan fingerprint density at radius 2 is 1.35 bits per heavy atom. The van der Waals surface area contributed by atoms with E-state index in [4.69, 9.17) is 9.47 Å². The van der Waals surface area contributed by atoms with E-state index in [-0.39, 0.29) is 6.10 Å². The molecule has 106 valence electrons. The third kappa shape index (κ3) is 3.11. The number of aliphatic hydroxyl groups is 1. The maximum atomic E-state index is 10.6. The maximum Gasteiger partial charge on any atom is 0.125 e. The van der Waals surface area contributed by atoms with Crippen molar-refractivity contribution in [2.45, 2.75) is 26.1 Å². The van der Waals surface area contributed by atoms with E-state index in [1.165, 1.54) is 0 Å². The molecule has 2 aromatic carbocycles. The first-order chi connectivity index (χ1) is 9.63. The van der Waals surface area contributed by atoms with Crippen LogP contribution >= 0.6 is 0 Å². The lowest BCUT2D eigenvalue weighted by Gasteiger charge is -2.19. The SMILES string of the molecule is COc1ccccc1C(O)c1ccccc1OC(C)C. The van der Waals surface area contributed by atoms with E-state index in [2.05, 4.69) is 0 Å². The third-order valence-electron chi connectivity index (χ3n) is 3.01. The summed E-state index contributed by atoms with van der Waals surface area (Å²) in [6.45, 7) is 3.93. The van der Waals surface area contributed by atoms with Crippen LogP contribution in [0.3, 0.4) is 0 Å². The lowest BCUT2D eigenvalue weighted by Crippen LogP contribution is -2.10. The Kier molecular flexibility index (Phi) is 4.64. The molecule has 1 atom stereocenters. The second-order valence-electron chi connectivity index (χ2n) is 4.85. The predicted octanol–water partition coefficient (Wildman–Crippen LogP) is 3.56. The summed E-state index contributed by atoms with van der Waals surface area (Å²) >= 11 is 0. The molecule has 0 aliphatic rings. The molecule has 0 aliphatic carbocycles. The molecule has 0 spiro atoms. The van der Waals surface area contributed by atoms with Gasteiger partial charge in [0.25, 0.3) is 0 Å². The highest BCUT2D eigenvalue weighted by Gasteiger charge is 2.19. The molecule has 3 heteroatoms. The molecule has 0 saturated heterocycles. The fourth-order valence-electron chi connectivity index (χ4n) is 2.13. The van der Waals surface area contributed by atoms with Gasteiger partial charge in [-0.25, -0.2) is 0 Å². The molecule has 0 fully saturated rings. The van der Waals surface area contributed by atoms with Gasteiger partial charge in [-0.05, 0) is 26.0 Å². The zero-order valence-corrected chi connectivity index (χ0v) is 12.0. The quantitative estimate of drug-likeness (QED) is 0.904. The molecule has 3 nitrogen and oxygen atoms in total. The van der Waals surface area contributed by atoms with Crippen LogP contribution in [0.1, 0.15) is 31.1 Å². The summed E-state index contributed by atoms with van der Waals surface area (Å²) in [5.74, 6) is 1.36. The number of para-hydroxylation sites is 2. The average molecular weight is 272 g/mol. The molecule has 0 radical (unpaired) electrons. The average Bonchev–Trinajstić information content (AvgIpc) is 2.46. The van der Waals surface area contributed by atoms with Gasteiger partial charge in [0.1, 0.15) is 17.6 Å². The smallest absolute Gasteiger partial charge is 0.125 e. The number of rotatable bonds is 5. The molecule has 0 bridgehead atoms. The number of hydrogen-bond donors (Lipinski definition) is 1. The van der Waals surface area contributed by atoms with Crippen molar-refractivity contribution in [3.63, 3.8) is 0 Å². The van der Waals surface area contributed by atoms with Crippen LogP contribution in [0.2, 0.25) is 0 Å². The molecule has 2 rings (SSSR count). The summed E-state index contributed by atoms with van der Waals surface area (Å²) in [7, 11) is 1.60. The summed E-state index contributed by atoms with van der Waals surface area (Å²) in [5, 5.41) is 10.6. The number of benzene rings is 2. The Hall–Kier alpha value is -2.00. The van der Waals surface area contributed by atoms with Crippen LogP contribution in [0.15, 0.2) is 48.5 Å². The number of hydrogen-bond acceptors (Lipinski definition) is 3. The van der Waals surface area contributed by atoms with Gasteiger partial charge in [-0.15, -0.1) is 0 Å². The van der Waals surface area contributed by atoms with Crippen molar-refractivity contribution in [3.8, 4) is 11.5 Å². The van der Waals surface area contributed by atoms with E-state index in [0.29, 0.717) is 11.5 Å². The molecule has 1 unspecified atom stereocenters. The van der Waals surface area contributed by atoms with Gasteiger partial charge < -0.3 is 14.6 Å². The zero-order valence-electron chi connectivity index (χ0n) is 12.0. The van der Waals surface area contributed by atoms with E-state index in [9.17, 15) is 5.11 Å². The van der Waals surface area contributed by atoms with E-state index in [1.807, 2.05) is 62.4 Å². The highest BCUT2D eigenvalue weighted by atomic mass is 16.5. The van der Waals surface area contributed by atoms with Crippen molar-refractivity contribution in [2.75, 3.05) is 7.11 Å². The van der Waals surface area contributed by atoms with Crippen LogP contribution < -0.4 is 9.47 Å². The predicted molar refractivity (Wildman–Crippen MR) is 79.3 cm³/mol. The van der Waals surface area contributed by atoms with Crippen LogP contribution in [0.4, 0.5) is 0 Å². The van der Waals surface area contributed by atoms with Gasteiger partial charge in [0, 0.05) is 11.1 Å². The Morgan fingerprint density at radius 3 is 1.90 bits per heavy atom. The summed E-state index contributed by atoms with van der Waals surface area (Å²) < 4.78 is 11.1. The first-order valence-electron chi connectivity index (χ1n) is 6.70. The number of aliphatic hydroxyl groups excluding tert-OH is 1. The van der Waals surface area contributed by atoms with E-state index >= 15 is 0 Å². The van der Waals surface area contributed by atoms with Gasteiger partial charge in [0.05, 0.1) is 13.2 Å². The largest absolute Gasteiger partial charge is 0.496 e. The minimum Gasteiger partial charge on any atom is -0.496 e. The molecular weight excluding hydrogens is 252 g/mol. The van der Waals surface area contributed by atoms with Crippen molar-refractivity contribution in [2.24, 2.45) is 0 Å². The molecule has 0 aliphatic heterocycles. The van der Waals surface area contributed by atoms with E-state index < -0.39 is 6.10 Å². The van der Waals surface area contributed by atoms with Crippen LogP contribution in [-0.4, -0.2) is 18.3 Å². The second-order valence-corrected chi connectivity index (χ2v) is 4.85. The Balaban J connectivity index is 2.40. The minimum absolute atomic E-state index is 0.0565. The third-order valence-corrected chi connectivity index (χ3v) is 3.01. The summed E-state index contributed by atoms with van der Waals surface area (Å²) in [6.07, 6.45) is -0.720. The van der Waals surface area contributed by atoms with Crippen molar-refractivity contribution in [3.05, 3.63) is 59.7 Å². The fourth-order valence-corrected chi connectivity index (χ4v) is 2.13. The van der Waals surface area contributed by atoms with E-state index in [1.54, 1.807) is 7.11 Å². The standard InChI is InChI=1S/C17H20O3/c1-12(2)20-16-11-7-5-9-14(16)17(18)13-8-4-6-10-15(13)19-3/h4-12,17-18H,1-3H3. The number of ether oxygens (including phenoxy) is 2. The summed E-state index contributed by atoms with van der Waals surface area (Å²) in [4.78, 5) is 0. The fraction of sp³-hybridized carbons (Fsp3) is 0.294. The topological polar surface area (TPSA) is 38.7 Å². The van der Waals surface area contributed by atoms with Crippen LogP contribution in [0.25, 0.3) is 0 Å². The van der Waals surface area contributed by atoms with E-state index in [0.717, 1.165) is 11.1 Å². The Bertz CT molecular complexity index is 564. The Morgan fingerprint density at radius 1 is 0.850 bits per heavy atom. The second kappa shape index (κ2) is 6.44.